The van der Waals surface area contributed by atoms with Crippen LogP contribution in [0.4, 0.5) is 0 Å². The lowest BCUT2D eigenvalue weighted by Gasteiger charge is -2.47. The van der Waals surface area contributed by atoms with Gasteiger partial charge in [-0.25, -0.2) is 4.98 Å². The van der Waals surface area contributed by atoms with Gasteiger partial charge in [0.05, 0.1) is 6.10 Å². The van der Waals surface area contributed by atoms with Crippen molar-refractivity contribution in [2.75, 3.05) is 6.61 Å². The quantitative estimate of drug-likeness (QED) is 0.910. The van der Waals surface area contributed by atoms with Gasteiger partial charge in [0.25, 0.3) is 5.91 Å². The Bertz CT molecular complexity index is 466. The Morgan fingerprint density at radius 1 is 1.56 bits per heavy atom. The van der Waals surface area contributed by atoms with E-state index >= 15 is 0 Å². The third-order valence-corrected chi connectivity index (χ3v) is 4.42. The van der Waals surface area contributed by atoms with Crippen molar-refractivity contribution >= 4 is 21.8 Å². The molecule has 0 aromatic carbocycles. The fraction of sp³-hybridized carbons (Fsp3) is 0.538. The van der Waals surface area contributed by atoms with Crippen molar-refractivity contribution in [2.24, 2.45) is 5.92 Å². The van der Waals surface area contributed by atoms with Gasteiger partial charge in [0.1, 0.15) is 5.69 Å². The molecule has 1 amide bonds. The molecule has 1 saturated carbocycles. The summed E-state index contributed by atoms with van der Waals surface area (Å²) in [5.74, 6) is 0.390. The van der Waals surface area contributed by atoms with Gasteiger partial charge in [-0.2, -0.15) is 0 Å². The van der Waals surface area contributed by atoms with Crippen LogP contribution < -0.4 is 5.32 Å². The molecule has 2 fully saturated rings. The molecular formula is C13H15BrN2O2. The summed E-state index contributed by atoms with van der Waals surface area (Å²) in [4.78, 5) is 16.2. The summed E-state index contributed by atoms with van der Waals surface area (Å²) in [6, 6.07) is 3.88. The standard InChI is InChI=1S/C13H15BrN2O2/c14-9-4-1-5-15-12(9)13(17)16-10-7-11-8(10)3-2-6-18-11/h1,4-5,8,10-11H,2-3,6-7H2,(H,16,17)/t8-,10+,11+/m0/s1. The van der Waals surface area contributed by atoms with E-state index in [1.165, 1.54) is 0 Å². The zero-order valence-electron chi connectivity index (χ0n) is 9.93. The van der Waals surface area contributed by atoms with Crippen molar-refractivity contribution in [2.45, 2.75) is 31.4 Å². The molecule has 2 aliphatic rings. The highest BCUT2D eigenvalue weighted by Crippen LogP contribution is 2.37. The average molecular weight is 311 g/mol. The number of rotatable bonds is 2. The van der Waals surface area contributed by atoms with Gasteiger partial charge in [-0.15, -0.1) is 0 Å². The van der Waals surface area contributed by atoms with Crippen LogP contribution in [0.5, 0.6) is 0 Å². The highest BCUT2D eigenvalue weighted by atomic mass is 79.9. The summed E-state index contributed by atoms with van der Waals surface area (Å²) in [7, 11) is 0. The molecule has 18 heavy (non-hydrogen) atoms. The molecule has 2 heterocycles. The van der Waals surface area contributed by atoms with E-state index in [9.17, 15) is 4.79 Å². The van der Waals surface area contributed by atoms with Gasteiger partial charge in [0.2, 0.25) is 0 Å². The summed E-state index contributed by atoms with van der Waals surface area (Å²) in [6.45, 7) is 0.869. The number of amides is 1. The Morgan fingerprint density at radius 2 is 2.44 bits per heavy atom. The molecule has 4 nitrogen and oxygen atoms in total. The molecule has 1 aliphatic heterocycles. The first kappa shape index (κ1) is 12.1. The summed E-state index contributed by atoms with van der Waals surface area (Å²) in [6.07, 6.45) is 5.17. The maximum Gasteiger partial charge on any atom is 0.271 e. The smallest absolute Gasteiger partial charge is 0.271 e. The normalized spacial score (nSPS) is 30.2. The van der Waals surface area contributed by atoms with Gasteiger partial charge in [-0.1, -0.05) is 0 Å². The third kappa shape index (κ3) is 2.17. The minimum absolute atomic E-state index is 0.100. The minimum Gasteiger partial charge on any atom is -0.378 e. The predicted octanol–water partition coefficient (Wildman–Crippen LogP) is 2.14. The van der Waals surface area contributed by atoms with Crippen molar-refractivity contribution in [1.82, 2.24) is 10.3 Å². The van der Waals surface area contributed by atoms with Crippen molar-refractivity contribution < 1.29 is 9.53 Å². The Hall–Kier alpha value is -0.940. The summed E-state index contributed by atoms with van der Waals surface area (Å²) in [5, 5.41) is 3.06. The van der Waals surface area contributed by atoms with E-state index in [1.54, 1.807) is 12.3 Å². The van der Waals surface area contributed by atoms with E-state index in [0.29, 0.717) is 17.7 Å². The number of hydrogen-bond donors (Lipinski definition) is 1. The van der Waals surface area contributed by atoms with E-state index in [4.69, 9.17) is 4.74 Å². The topological polar surface area (TPSA) is 51.2 Å². The van der Waals surface area contributed by atoms with Crippen LogP contribution in [0.15, 0.2) is 22.8 Å². The molecule has 1 aliphatic carbocycles. The lowest BCUT2D eigenvalue weighted by atomic mass is 9.72. The number of pyridine rings is 1. The first-order valence-corrected chi connectivity index (χ1v) is 7.08. The Labute approximate surface area is 114 Å². The zero-order chi connectivity index (χ0) is 12.5. The Kier molecular flexibility index (Phi) is 3.35. The second kappa shape index (κ2) is 4.97. The first-order valence-electron chi connectivity index (χ1n) is 6.28. The maximum atomic E-state index is 12.1. The van der Waals surface area contributed by atoms with Gasteiger partial charge in [0, 0.05) is 29.2 Å². The maximum absolute atomic E-state index is 12.1. The first-order chi connectivity index (χ1) is 8.75. The number of nitrogens with one attached hydrogen (secondary N) is 1. The van der Waals surface area contributed by atoms with Crippen molar-refractivity contribution in [3.8, 4) is 0 Å². The lowest BCUT2D eigenvalue weighted by molar-refractivity contribution is -0.100. The van der Waals surface area contributed by atoms with Gasteiger partial charge < -0.3 is 10.1 Å². The number of carbonyl (C=O) groups excluding carboxylic acids is 1. The van der Waals surface area contributed by atoms with Crippen LogP contribution in [0.1, 0.15) is 29.8 Å². The fourth-order valence-electron chi connectivity index (χ4n) is 2.75. The largest absolute Gasteiger partial charge is 0.378 e. The molecule has 5 heteroatoms. The van der Waals surface area contributed by atoms with Gasteiger partial charge >= 0.3 is 0 Å². The number of fused-ring (bicyclic) bond motifs is 1. The van der Waals surface area contributed by atoms with Crippen LogP contribution in [0.25, 0.3) is 0 Å². The Morgan fingerprint density at radius 3 is 3.22 bits per heavy atom. The molecule has 3 rings (SSSR count). The number of nitrogens with zero attached hydrogens (tertiary/aromatic N) is 1. The van der Waals surface area contributed by atoms with Crippen LogP contribution in [-0.4, -0.2) is 29.6 Å². The van der Waals surface area contributed by atoms with Crippen LogP contribution >= 0.6 is 15.9 Å². The van der Waals surface area contributed by atoms with E-state index in [-0.39, 0.29) is 11.9 Å². The number of halogens is 1. The van der Waals surface area contributed by atoms with Gasteiger partial charge in [-0.3, -0.25) is 4.79 Å². The molecule has 0 bridgehead atoms. The summed E-state index contributed by atoms with van der Waals surface area (Å²) >= 11 is 3.35. The molecule has 0 spiro atoms. The molecule has 1 saturated heterocycles. The van der Waals surface area contributed by atoms with Gasteiger partial charge in [-0.05, 0) is 47.3 Å². The molecule has 3 atom stereocenters. The van der Waals surface area contributed by atoms with Gasteiger partial charge in [0.15, 0.2) is 0 Å². The molecule has 1 aromatic rings. The number of hydrogen-bond acceptors (Lipinski definition) is 3. The monoisotopic (exact) mass is 310 g/mol. The minimum atomic E-state index is -0.100. The predicted molar refractivity (Wildman–Crippen MR) is 70.3 cm³/mol. The second-order valence-corrected chi connectivity index (χ2v) is 5.72. The second-order valence-electron chi connectivity index (χ2n) is 4.86. The number of aromatic nitrogens is 1. The SMILES string of the molecule is O=C(N[C@@H]1C[C@H]2OCCC[C@@H]12)c1ncccc1Br. The summed E-state index contributed by atoms with van der Waals surface area (Å²) < 4.78 is 6.38. The molecular weight excluding hydrogens is 296 g/mol. The molecule has 1 N–H and O–H groups in total. The average Bonchev–Trinajstić information content (AvgIpc) is 2.36. The molecule has 0 radical (unpaired) electrons. The summed E-state index contributed by atoms with van der Waals surface area (Å²) in [5.41, 5.74) is 0.456. The fourth-order valence-corrected chi connectivity index (χ4v) is 3.19. The highest BCUT2D eigenvalue weighted by Gasteiger charge is 2.44. The molecule has 96 valence electrons. The Balaban J connectivity index is 1.64. The zero-order valence-corrected chi connectivity index (χ0v) is 11.5. The van der Waals surface area contributed by atoms with Crippen LogP contribution in [0.2, 0.25) is 0 Å². The van der Waals surface area contributed by atoms with Crippen LogP contribution in [0.3, 0.4) is 0 Å². The van der Waals surface area contributed by atoms with Crippen molar-refractivity contribution in [1.29, 1.82) is 0 Å². The van der Waals surface area contributed by atoms with E-state index in [0.717, 1.165) is 30.3 Å². The highest BCUT2D eigenvalue weighted by molar-refractivity contribution is 9.10. The number of ether oxygens (including phenoxy) is 1. The van der Waals surface area contributed by atoms with Crippen LogP contribution in [-0.2, 0) is 4.74 Å². The van der Waals surface area contributed by atoms with E-state index < -0.39 is 0 Å². The van der Waals surface area contributed by atoms with Crippen molar-refractivity contribution in [3.63, 3.8) is 0 Å². The number of carbonyl (C=O) groups is 1. The van der Waals surface area contributed by atoms with Crippen LogP contribution in [0, 0.1) is 5.92 Å². The van der Waals surface area contributed by atoms with Crippen molar-refractivity contribution in [3.05, 3.63) is 28.5 Å². The molecule has 0 unspecified atom stereocenters. The third-order valence-electron chi connectivity index (χ3n) is 3.78. The molecule has 1 aromatic heterocycles. The van der Waals surface area contributed by atoms with E-state index in [1.807, 2.05) is 6.07 Å². The lowest BCUT2D eigenvalue weighted by Crippen LogP contribution is -2.57. The van der Waals surface area contributed by atoms with E-state index in [2.05, 4.69) is 26.2 Å².